The molecule has 0 atom stereocenters. The molecule has 1 aliphatic carbocycles. The van der Waals surface area contributed by atoms with Crippen molar-refractivity contribution in [3.8, 4) is 5.75 Å². The third-order valence-corrected chi connectivity index (χ3v) is 6.33. The van der Waals surface area contributed by atoms with Crippen molar-refractivity contribution < 1.29 is 20.5 Å². The van der Waals surface area contributed by atoms with Crippen LogP contribution in [-0.4, -0.2) is 67.5 Å². The number of methoxy groups -OCH3 is 1. The van der Waals surface area contributed by atoms with E-state index in [4.69, 9.17) is 9.47 Å². The van der Waals surface area contributed by atoms with Gasteiger partial charge in [-0.25, -0.2) is 9.78 Å². The van der Waals surface area contributed by atoms with Crippen LogP contribution in [0.5, 0.6) is 5.75 Å². The molecular weight excluding hydrogens is 486 g/mol. The lowest BCUT2D eigenvalue weighted by Gasteiger charge is -2.32. The van der Waals surface area contributed by atoms with E-state index in [1.807, 2.05) is 27.8 Å². The molecule has 0 saturated heterocycles. The summed E-state index contributed by atoms with van der Waals surface area (Å²) in [5.41, 5.74) is 1.47. The Kier molecular flexibility index (Phi) is 8.13. The number of aromatic nitrogens is 5. The van der Waals surface area contributed by atoms with Gasteiger partial charge >= 0.3 is 6.09 Å². The second kappa shape index (κ2) is 11.5. The number of carbonyl (C=O) groups is 2. The van der Waals surface area contributed by atoms with Gasteiger partial charge in [0, 0.05) is 32.2 Å². The smallest absolute Gasteiger partial charge is 0.410 e. The number of ether oxygens (including phenoxy) is 2. The molecule has 0 unspecified atom stereocenters. The second-order valence-electron chi connectivity index (χ2n) is 10.3. The highest BCUT2D eigenvalue weighted by Gasteiger charge is 2.26. The average molecular weight is 524 g/mol. The Morgan fingerprint density at radius 1 is 1.18 bits per heavy atom. The topological polar surface area (TPSA) is 127 Å². The first-order valence-corrected chi connectivity index (χ1v) is 12.7. The Morgan fingerprint density at radius 3 is 2.66 bits per heavy atom. The number of aromatic amines is 1. The van der Waals surface area contributed by atoms with Crippen molar-refractivity contribution in [1.82, 2.24) is 29.7 Å². The maximum absolute atomic E-state index is 12.6. The van der Waals surface area contributed by atoms with Gasteiger partial charge in [0.05, 0.1) is 30.6 Å². The van der Waals surface area contributed by atoms with Gasteiger partial charge in [-0.2, -0.15) is 14.7 Å². The molecule has 11 nitrogen and oxygen atoms in total. The molecule has 38 heavy (non-hydrogen) atoms. The van der Waals surface area contributed by atoms with Gasteiger partial charge in [-0.3, -0.25) is 9.89 Å². The maximum Gasteiger partial charge on any atom is 0.410 e. The van der Waals surface area contributed by atoms with Gasteiger partial charge in [0.2, 0.25) is 0 Å². The molecule has 0 spiro atoms. The summed E-state index contributed by atoms with van der Waals surface area (Å²) in [7, 11) is 3.37. The van der Waals surface area contributed by atoms with Crippen LogP contribution in [0.1, 0.15) is 64.7 Å². The van der Waals surface area contributed by atoms with E-state index in [1.165, 1.54) is 26.4 Å². The molecule has 5 rings (SSSR count). The minimum absolute atomic E-state index is 0. The molecule has 3 heterocycles. The van der Waals surface area contributed by atoms with Crippen molar-refractivity contribution >= 4 is 34.4 Å². The summed E-state index contributed by atoms with van der Waals surface area (Å²) < 4.78 is 12.2. The summed E-state index contributed by atoms with van der Waals surface area (Å²) in [4.78, 5) is 30.3. The van der Waals surface area contributed by atoms with Crippen LogP contribution in [0.2, 0.25) is 0 Å². The zero-order valence-electron chi connectivity index (χ0n) is 22.5. The number of hydrogen-bond donors (Lipinski definition) is 2. The predicted molar refractivity (Wildman–Crippen MR) is 147 cm³/mol. The SMILES string of the molecule is CN(C(=O)OC(C)(C)C)C1CCCCC1.COc1cc2[nH]ncc2cc1C(=O)Nc1cnc2cccnn12.[HH]. The minimum atomic E-state index is -0.389. The molecule has 1 aliphatic rings. The van der Waals surface area contributed by atoms with E-state index in [2.05, 4.69) is 25.6 Å². The summed E-state index contributed by atoms with van der Waals surface area (Å²) in [6, 6.07) is 7.44. The molecule has 2 amide bonds. The fourth-order valence-electron chi connectivity index (χ4n) is 4.37. The number of H-pyrrole nitrogens is 1. The highest BCUT2D eigenvalue weighted by molar-refractivity contribution is 6.08. The van der Waals surface area contributed by atoms with E-state index in [0.29, 0.717) is 28.8 Å². The number of imidazole rings is 1. The number of hydrogen-bond acceptors (Lipinski definition) is 7. The number of rotatable bonds is 4. The van der Waals surface area contributed by atoms with Crippen molar-refractivity contribution in [3.63, 3.8) is 0 Å². The van der Waals surface area contributed by atoms with Gasteiger partial charge in [-0.1, -0.05) is 19.3 Å². The summed E-state index contributed by atoms with van der Waals surface area (Å²) in [6.07, 6.45) is 10.7. The highest BCUT2D eigenvalue weighted by atomic mass is 16.6. The summed E-state index contributed by atoms with van der Waals surface area (Å²) >= 11 is 0. The average Bonchev–Trinajstić information content (AvgIpc) is 3.54. The normalized spacial score (nSPS) is 14.0. The lowest BCUT2D eigenvalue weighted by Crippen LogP contribution is -2.41. The van der Waals surface area contributed by atoms with E-state index in [0.717, 1.165) is 23.7 Å². The molecule has 204 valence electrons. The third-order valence-electron chi connectivity index (χ3n) is 6.33. The number of fused-ring (bicyclic) bond motifs is 2. The fraction of sp³-hybridized carbons (Fsp3) is 0.444. The largest absolute Gasteiger partial charge is 0.496 e. The van der Waals surface area contributed by atoms with Crippen molar-refractivity contribution in [3.05, 3.63) is 48.4 Å². The van der Waals surface area contributed by atoms with Crippen LogP contribution in [0.25, 0.3) is 16.6 Å². The molecule has 1 saturated carbocycles. The Balaban J connectivity index is 0.000000231. The van der Waals surface area contributed by atoms with Crippen molar-refractivity contribution in [1.29, 1.82) is 0 Å². The van der Waals surface area contributed by atoms with Crippen LogP contribution in [0.3, 0.4) is 0 Å². The fourth-order valence-corrected chi connectivity index (χ4v) is 4.37. The van der Waals surface area contributed by atoms with Crippen molar-refractivity contribution in [2.24, 2.45) is 0 Å². The minimum Gasteiger partial charge on any atom is -0.496 e. The van der Waals surface area contributed by atoms with Gasteiger partial charge in [-0.15, -0.1) is 0 Å². The van der Waals surface area contributed by atoms with Gasteiger partial charge in [-0.05, 0) is 51.8 Å². The van der Waals surface area contributed by atoms with Crippen LogP contribution < -0.4 is 10.1 Å². The van der Waals surface area contributed by atoms with E-state index in [9.17, 15) is 9.59 Å². The van der Waals surface area contributed by atoms with Crippen molar-refractivity contribution in [2.45, 2.75) is 64.5 Å². The Hall–Kier alpha value is -4.15. The predicted octanol–water partition coefficient (Wildman–Crippen LogP) is 5.30. The number of nitrogens with one attached hydrogen (secondary N) is 2. The first-order chi connectivity index (χ1) is 18.2. The first kappa shape index (κ1) is 26.9. The molecule has 4 aromatic rings. The lowest BCUT2D eigenvalue weighted by atomic mass is 9.95. The number of benzene rings is 1. The van der Waals surface area contributed by atoms with Crippen LogP contribution in [-0.2, 0) is 4.74 Å². The Morgan fingerprint density at radius 2 is 1.95 bits per heavy atom. The maximum atomic E-state index is 12.6. The number of amides is 2. The van der Waals surface area contributed by atoms with Gasteiger partial charge in [0.25, 0.3) is 5.91 Å². The third kappa shape index (κ3) is 6.39. The summed E-state index contributed by atoms with van der Waals surface area (Å²) in [5.74, 6) is 0.637. The monoisotopic (exact) mass is 523 g/mol. The molecule has 3 aromatic heterocycles. The van der Waals surface area contributed by atoms with Gasteiger partial charge < -0.3 is 19.7 Å². The van der Waals surface area contributed by atoms with E-state index in [-0.39, 0.29) is 19.0 Å². The first-order valence-electron chi connectivity index (χ1n) is 12.7. The number of anilines is 1. The highest BCUT2D eigenvalue weighted by Crippen LogP contribution is 2.26. The van der Waals surface area contributed by atoms with Crippen LogP contribution in [0.15, 0.2) is 42.9 Å². The van der Waals surface area contributed by atoms with Gasteiger partial charge in [0.1, 0.15) is 11.4 Å². The molecule has 0 radical (unpaired) electrons. The quantitative estimate of drug-likeness (QED) is 0.372. The zero-order valence-corrected chi connectivity index (χ0v) is 22.5. The lowest BCUT2D eigenvalue weighted by molar-refractivity contribution is 0.0188. The standard InChI is InChI=1S/C15H12N6O2.C12H23NO2.H2/c1-23-12-6-11-9(7-17-20-11)5-10(12)15(22)19-14-8-16-13-3-2-4-18-21(13)14;1-12(2,3)15-11(14)13(4)10-8-6-5-7-9-10;/h2-8H,1H3,(H,17,20)(H,19,22);10H,5-9H2,1-4H3;1H. The van der Waals surface area contributed by atoms with E-state index < -0.39 is 0 Å². The molecule has 11 heteroatoms. The summed E-state index contributed by atoms with van der Waals surface area (Å²) in [5, 5.41) is 14.6. The zero-order chi connectivity index (χ0) is 27.3. The Labute approximate surface area is 223 Å². The van der Waals surface area contributed by atoms with E-state index >= 15 is 0 Å². The molecule has 2 N–H and O–H groups in total. The van der Waals surface area contributed by atoms with E-state index in [1.54, 1.807) is 52.3 Å². The number of carbonyl (C=O) groups excluding carboxylic acids is 2. The molecule has 1 aromatic carbocycles. The molecule has 0 aliphatic heterocycles. The Bertz CT molecular complexity index is 1410. The van der Waals surface area contributed by atoms with Gasteiger partial charge in [0.15, 0.2) is 11.5 Å². The summed E-state index contributed by atoms with van der Waals surface area (Å²) in [6.45, 7) is 5.71. The second-order valence-corrected chi connectivity index (χ2v) is 10.3. The number of nitrogens with zero attached hydrogens (tertiary/aromatic N) is 5. The van der Waals surface area contributed by atoms with Crippen LogP contribution >= 0.6 is 0 Å². The van der Waals surface area contributed by atoms with Crippen LogP contribution in [0, 0.1) is 0 Å². The molecular formula is C27H37N7O4. The van der Waals surface area contributed by atoms with Crippen molar-refractivity contribution in [2.75, 3.05) is 19.5 Å². The molecule has 0 bridgehead atoms. The molecule has 1 fully saturated rings. The van der Waals surface area contributed by atoms with Crippen LogP contribution in [0.4, 0.5) is 10.6 Å².